The van der Waals surface area contributed by atoms with Crippen LogP contribution in [0.1, 0.15) is 61.6 Å². The zero-order valence-electron chi connectivity index (χ0n) is 28.4. The van der Waals surface area contributed by atoms with Crippen LogP contribution in [0.25, 0.3) is 0 Å². The van der Waals surface area contributed by atoms with Crippen molar-refractivity contribution < 1.29 is 42.3 Å². The number of nitrogens with one attached hydrogen (secondary N) is 6. The molecule has 52 heavy (non-hydrogen) atoms. The summed E-state index contributed by atoms with van der Waals surface area (Å²) in [6.07, 6.45) is -0.177. The molecule has 1 aliphatic rings. The average molecular weight is 734 g/mol. The first kappa shape index (κ1) is 42.5. The molecule has 0 radical (unpaired) electrons. The van der Waals surface area contributed by atoms with Gasteiger partial charge in [-0.3, -0.25) is 30.0 Å². The van der Waals surface area contributed by atoms with Crippen LogP contribution in [0.3, 0.4) is 0 Å². The van der Waals surface area contributed by atoms with Gasteiger partial charge in [0.2, 0.25) is 23.6 Å². The topological polar surface area (TPSA) is 279 Å². The predicted molar refractivity (Wildman–Crippen MR) is 185 cm³/mol. The molecule has 4 amide bonds. The van der Waals surface area contributed by atoms with Gasteiger partial charge in [-0.15, -0.1) is 0 Å². The highest BCUT2D eigenvalue weighted by atomic mass is 19.4. The van der Waals surface area contributed by atoms with E-state index >= 15 is 0 Å². The molecule has 0 saturated heterocycles. The van der Waals surface area contributed by atoms with Crippen molar-refractivity contribution in [1.82, 2.24) is 21.3 Å². The molecule has 3 atom stereocenters. The minimum atomic E-state index is -5.08. The molecule has 0 spiro atoms. The maximum atomic E-state index is 13.9. The summed E-state index contributed by atoms with van der Waals surface area (Å²) in [5, 5.41) is 33.1. The predicted octanol–water partition coefficient (Wildman–Crippen LogP) is 1.38. The number of hydrogen-bond donors (Lipinski definition) is 10. The molecule has 3 unspecified atom stereocenters. The number of carbonyl (C=O) groups is 5. The van der Waals surface area contributed by atoms with E-state index in [9.17, 15) is 32.3 Å². The van der Waals surface area contributed by atoms with Crippen LogP contribution in [-0.2, 0) is 36.9 Å². The van der Waals surface area contributed by atoms with Gasteiger partial charge in [-0.25, -0.2) is 4.79 Å². The Hall–Kier alpha value is -5.68. The Balaban J connectivity index is 0.00000121. The number of carboxylic acids is 1. The van der Waals surface area contributed by atoms with Crippen LogP contribution in [0.15, 0.2) is 54.6 Å². The molecule has 15 nitrogen and oxygen atoms in total. The fourth-order valence-electron chi connectivity index (χ4n) is 5.46. The fraction of sp³-hybridized carbons (Fsp3) is 0.441. The molecule has 2 aromatic carbocycles. The quantitative estimate of drug-likeness (QED) is 0.0516. The molecule has 2 aromatic rings. The van der Waals surface area contributed by atoms with Gasteiger partial charge in [0.05, 0.1) is 0 Å². The fourth-order valence-corrected chi connectivity index (χ4v) is 5.46. The average Bonchev–Trinajstić information content (AvgIpc) is 3.10. The summed E-state index contributed by atoms with van der Waals surface area (Å²) in [6, 6.07) is 14.1. The van der Waals surface area contributed by atoms with E-state index in [0.29, 0.717) is 36.9 Å². The number of carbonyl (C=O) groups excluding carboxylic acids is 4. The largest absolute Gasteiger partial charge is 0.490 e. The Labute approximate surface area is 298 Å². The van der Waals surface area contributed by atoms with Gasteiger partial charge in [0.1, 0.15) is 23.8 Å². The minimum Gasteiger partial charge on any atom is -0.475 e. The Morgan fingerprint density at radius 1 is 0.808 bits per heavy atom. The summed E-state index contributed by atoms with van der Waals surface area (Å²) in [7, 11) is 0. The van der Waals surface area contributed by atoms with Crippen LogP contribution in [0.2, 0.25) is 0 Å². The number of aliphatic carboxylic acids is 1. The molecule has 3 rings (SSSR count). The molecular formula is C34H46F3N9O6. The number of halogens is 3. The smallest absolute Gasteiger partial charge is 0.475 e. The van der Waals surface area contributed by atoms with E-state index < -0.39 is 53.8 Å². The van der Waals surface area contributed by atoms with Gasteiger partial charge in [-0.05, 0) is 49.1 Å². The van der Waals surface area contributed by atoms with Crippen molar-refractivity contribution in [3.63, 3.8) is 0 Å². The molecule has 1 aliphatic carbocycles. The summed E-state index contributed by atoms with van der Waals surface area (Å²) in [5.41, 5.74) is 18.5. The molecule has 18 heteroatoms. The monoisotopic (exact) mass is 733 g/mol. The van der Waals surface area contributed by atoms with Crippen molar-refractivity contribution in [3.8, 4) is 0 Å². The summed E-state index contributed by atoms with van der Waals surface area (Å²) < 4.78 is 31.7. The standard InChI is InChI=1S/C32H45N9O4.C2HF3O2/c33-27(34)23-15-13-20(14-16-23)18-24(29(43)39-19-21-8-3-1-4-9-21)30(44)41-26(22-10-5-2-6-11-22)31(45)40-25(28(35)42)12-7-17-38-32(36)37;3-2(4,5)1(6)7/h1,3-4,8-9,13-16,22,24-26H,2,5-7,10-12,17-19H2,(H3,33,34)(H2,35,42)(H,39,43)(H,40,45)(H,41,44)(H4,36,37,38);(H,6,7). The number of guanidine groups is 1. The van der Waals surface area contributed by atoms with Crippen molar-refractivity contribution in [3.05, 3.63) is 71.3 Å². The van der Waals surface area contributed by atoms with Crippen molar-refractivity contribution in [1.29, 1.82) is 10.8 Å². The normalized spacial score (nSPS) is 14.6. The molecule has 0 bridgehead atoms. The highest BCUT2D eigenvalue weighted by molar-refractivity contribution is 6.02. The van der Waals surface area contributed by atoms with Crippen molar-refractivity contribution in [2.75, 3.05) is 6.54 Å². The van der Waals surface area contributed by atoms with E-state index in [4.69, 9.17) is 37.9 Å². The van der Waals surface area contributed by atoms with E-state index in [-0.39, 0.29) is 37.1 Å². The Morgan fingerprint density at radius 2 is 1.40 bits per heavy atom. The number of carboxylic acid groups (broad SMARTS) is 1. The van der Waals surface area contributed by atoms with Crippen LogP contribution in [0, 0.1) is 22.7 Å². The third-order valence-corrected chi connectivity index (χ3v) is 8.24. The molecular weight excluding hydrogens is 687 g/mol. The van der Waals surface area contributed by atoms with Gasteiger partial charge in [0.25, 0.3) is 0 Å². The molecule has 0 aromatic heterocycles. The highest BCUT2D eigenvalue weighted by Crippen LogP contribution is 2.27. The molecule has 1 fully saturated rings. The number of alkyl halides is 3. The maximum absolute atomic E-state index is 13.9. The molecule has 13 N–H and O–H groups in total. The van der Waals surface area contributed by atoms with Gasteiger partial charge < -0.3 is 43.6 Å². The zero-order valence-corrected chi connectivity index (χ0v) is 28.4. The summed E-state index contributed by atoms with van der Waals surface area (Å²) >= 11 is 0. The van der Waals surface area contributed by atoms with Crippen LogP contribution in [-0.4, -0.2) is 71.3 Å². The van der Waals surface area contributed by atoms with E-state index in [2.05, 4.69) is 21.3 Å². The second kappa shape index (κ2) is 20.9. The molecule has 0 heterocycles. The Morgan fingerprint density at radius 3 is 1.92 bits per heavy atom. The lowest BCUT2D eigenvalue weighted by atomic mass is 9.83. The van der Waals surface area contributed by atoms with Crippen LogP contribution in [0.5, 0.6) is 0 Å². The number of amides is 4. The van der Waals surface area contributed by atoms with Gasteiger partial charge in [0, 0.05) is 18.7 Å². The lowest BCUT2D eigenvalue weighted by molar-refractivity contribution is -0.192. The highest BCUT2D eigenvalue weighted by Gasteiger charge is 2.38. The van der Waals surface area contributed by atoms with Crippen LogP contribution in [0.4, 0.5) is 13.2 Å². The number of hydrogen-bond acceptors (Lipinski definition) is 7. The molecule has 0 aliphatic heterocycles. The van der Waals surface area contributed by atoms with Crippen molar-refractivity contribution in [2.45, 2.75) is 76.2 Å². The summed E-state index contributed by atoms with van der Waals surface area (Å²) in [5.74, 6) is -6.76. The number of benzene rings is 2. The Bertz CT molecular complexity index is 1540. The summed E-state index contributed by atoms with van der Waals surface area (Å²) in [6.45, 7) is 0.545. The third kappa shape index (κ3) is 15.1. The number of rotatable bonds is 16. The van der Waals surface area contributed by atoms with E-state index in [1.54, 1.807) is 24.3 Å². The number of primary amides is 1. The lowest BCUT2D eigenvalue weighted by Crippen LogP contribution is -2.57. The van der Waals surface area contributed by atoms with Gasteiger partial charge in [0.15, 0.2) is 5.96 Å². The Kier molecular flexibility index (Phi) is 17.0. The molecule has 1 saturated carbocycles. The number of nitrogens with two attached hydrogens (primary N) is 3. The van der Waals surface area contributed by atoms with Gasteiger partial charge >= 0.3 is 12.1 Å². The SMILES string of the molecule is N=C(N)NCCCC(NC(=O)C(NC(=O)C(Cc1ccc(C(=N)N)cc1)C(=O)NCc1ccccc1)C1CCCCC1)C(N)=O.O=C(O)C(F)(F)F. The zero-order chi connectivity index (χ0) is 38.8. The van der Waals surface area contributed by atoms with E-state index in [1.165, 1.54) is 0 Å². The van der Waals surface area contributed by atoms with Gasteiger partial charge in [-0.1, -0.05) is 73.9 Å². The number of nitrogen functional groups attached to an aromatic ring is 1. The van der Waals surface area contributed by atoms with Crippen molar-refractivity contribution >= 4 is 41.4 Å². The first-order valence-electron chi connectivity index (χ1n) is 16.5. The van der Waals surface area contributed by atoms with Crippen LogP contribution < -0.4 is 38.5 Å². The second-order valence-electron chi connectivity index (χ2n) is 12.2. The van der Waals surface area contributed by atoms with Crippen LogP contribution >= 0.6 is 0 Å². The molecule has 284 valence electrons. The second-order valence-corrected chi connectivity index (χ2v) is 12.2. The number of amidine groups is 1. The maximum Gasteiger partial charge on any atom is 0.490 e. The van der Waals surface area contributed by atoms with Crippen molar-refractivity contribution in [2.24, 2.45) is 29.0 Å². The van der Waals surface area contributed by atoms with Gasteiger partial charge in [-0.2, -0.15) is 13.2 Å². The minimum absolute atomic E-state index is 0.0523. The summed E-state index contributed by atoms with van der Waals surface area (Å²) in [4.78, 5) is 62.2. The lowest BCUT2D eigenvalue weighted by Gasteiger charge is -2.32. The van der Waals surface area contributed by atoms with E-state index in [0.717, 1.165) is 24.8 Å². The first-order valence-corrected chi connectivity index (χ1v) is 16.5. The third-order valence-electron chi connectivity index (χ3n) is 8.24. The van der Waals surface area contributed by atoms with E-state index in [1.807, 2.05) is 30.3 Å². The first-order chi connectivity index (χ1) is 24.5.